The van der Waals surface area contributed by atoms with Crippen molar-refractivity contribution >= 4 is 58.4 Å². The van der Waals surface area contributed by atoms with Gasteiger partial charge in [0.2, 0.25) is 5.91 Å². The van der Waals surface area contributed by atoms with Crippen molar-refractivity contribution < 1.29 is 24.9 Å². The summed E-state index contributed by atoms with van der Waals surface area (Å²) in [4.78, 5) is 43.0. The van der Waals surface area contributed by atoms with Gasteiger partial charge < -0.3 is 37.4 Å². The van der Waals surface area contributed by atoms with Gasteiger partial charge in [0.05, 0.1) is 35.4 Å². The average Bonchev–Trinajstić information content (AvgIpc) is 3.95. The largest absolute Gasteiger partial charge is 0.507 e. The Kier molecular flexibility index (Phi) is 15.9. The summed E-state index contributed by atoms with van der Waals surface area (Å²) in [5, 5.41) is 33.3. The van der Waals surface area contributed by atoms with Gasteiger partial charge in [0.25, 0.3) is 5.91 Å². The number of aromatic hydroxyl groups is 2. The number of fused-ring (bicyclic) bond motifs is 2. The zero-order chi connectivity index (χ0) is 44.6. The van der Waals surface area contributed by atoms with Crippen LogP contribution in [0.4, 0.5) is 22.7 Å². The molecule has 0 bridgehead atoms. The Labute approximate surface area is 366 Å². The Hall–Kier alpha value is -7.58. The van der Waals surface area contributed by atoms with E-state index in [1.165, 1.54) is 23.6 Å². The third kappa shape index (κ3) is 12.5. The lowest BCUT2D eigenvalue weighted by Gasteiger charge is -2.12. The van der Waals surface area contributed by atoms with Crippen LogP contribution < -0.4 is 22.1 Å². The molecule has 0 saturated heterocycles. The van der Waals surface area contributed by atoms with E-state index in [0.29, 0.717) is 22.5 Å². The van der Waals surface area contributed by atoms with Crippen molar-refractivity contribution in [2.45, 2.75) is 31.8 Å². The van der Waals surface area contributed by atoms with Crippen LogP contribution in [0, 0.1) is 0 Å². The van der Waals surface area contributed by atoms with E-state index in [-0.39, 0.29) is 43.0 Å². The van der Waals surface area contributed by atoms with E-state index >= 15 is 0 Å². The van der Waals surface area contributed by atoms with Crippen LogP contribution in [0.2, 0.25) is 0 Å². The molecule has 0 spiro atoms. The number of amides is 2. The van der Waals surface area contributed by atoms with Crippen LogP contribution in [0.15, 0.2) is 166 Å². The summed E-state index contributed by atoms with van der Waals surface area (Å²) in [5.41, 5.74) is 21.9. The highest BCUT2D eigenvalue weighted by Crippen LogP contribution is 2.30. The van der Waals surface area contributed by atoms with Gasteiger partial charge in [-0.15, -0.1) is 0 Å². The molecule has 8 rings (SSSR count). The second-order valence-electron chi connectivity index (χ2n) is 14.4. The van der Waals surface area contributed by atoms with Crippen molar-refractivity contribution in [3.05, 3.63) is 179 Å². The number of aliphatic hydroxyl groups is 1. The van der Waals surface area contributed by atoms with E-state index < -0.39 is 12.1 Å². The maximum Gasteiger partial charge on any atom is 0.251 e. The van der Waals surface area contributed by atoms with E-state index in [1.807, 2.05) is 84.9 Å². The van der Waals surface area contributed by atoms with E-state index in [2.05, 4.69) is 37.7 Å². The summed E-state index contributed by atoms with van der Waals surface area (Å²) in [6, 6.07) is 43.4. The summed E-state index contributed by atoms with van der Waals surface area (Å²) in [6.45, 7) is 2.11. The normalized spacial score (nSPS) is 13.3. The van der Waals surface area contributed by atoms with Gasteiger partial charge in [-0.25, -0.2) is 0 Å². The van der Waals surface area contributed by atoms with Crippen LogP contribution in [-0.4, -0.2) is 82.8 Å². The van der Waals surface area contributed by atoms with Gasteiger partial charge in [0.15, 0.2) is 0 Å². The number of carbonyl (C=O) groups is 2. The maximum absolute atomic E-state index is 13.2. The quantitative estimate of drug-likeness (QED) is 0.0645. The third-order valence-electron chi connectivity index (χ3n) is 9.85. The molecule has 0 aromatic heterocycles. The van der Waals surface area contributed by atoms with E-state index in [1.54, 1.807) is 55.5 Å². The SMILES string of the molecule is CCO.NCC(N)C(=O)Nc1ccc(C2=Nc3ccccc3C2)cc1.O=C(Nc1ccc(C2=Nc3ccccc3C2)cc1)C(CN=Cc1ccccc1O)N=Cc1ccccc1O. The number of hydrogen-bond acceptors (Lipinski definition) is 11. The third-order valence-corrected chi connectivity index (χ3v) is 9.85. The number of para-hydroxylation sites is 4. The fraction of sp³-hybridized carbons (Fsp3) is 0.160. The second-order valence-corrected chi connectivity index (χ2v) is 14.4. The average molecular weight is 843 g/mol. The number of anilines is 2. The molecule has 2 amide bonds. The zero-order valence-electron chi connectivity index (χ0n) is 34.8. The minimum Gasteiger partial charge on any atom is -0.507 e. The number of nitrogens with one attached hydrogen (secondary N) is 2. The minimum atomic E-state index is -0.856. The van der Waals surface area contributed by atoms with Gasteiger partial charge in [-0.2, -0.15) is 0 Å². The molecule has 2 atom stereocenters. The van der Waals surface area contributed by atoms with Crippen LogP contribution in [0.1, 0.15) is 40.3 Å². The van der Waals surface area contributed by atoms with Crippen LogP contribution in [-0.2, 0) is 22.4 Å². The molecular weight excluding hydrogens is 793 g/mol. The van der Waals surface area contributed by atoms with Crippen molar-refractivity contribution in [3.8, 4) is 11.5 Å². The molecule has 2 aliphatic heterocycles. The molecule has 0 radical (unpaired) electrons. The van der Waals surface area contributed by atoms with Crippen LogP contribution in [0.3, 0.4) is 0 Å². The number of nitrogens with two attached hydrogens (primary N) is 2. The van der Waals surface area contributed by atoms with Gasteiger partial charge in [-0.1, -0.05) is 84.9 Å². The number of aliphatic hydroxyl groups excluding tert-OH is 1. The van der Waals surface area contributed by atoms with Crippen molar-refractivity contribution in [3.63, 3.8) is 0 Å². The van der Waals surface area contributed by atoms with Gasteiger partial charge in [0.1, 0.15) is 17.5 Å². The smallest absolute Gasteiger partial charge is 0.251 e. The van der Waals surface area contributed by atoms with Crippen molar-refractivity contribution in [2.24, 2.45) is 31.4 Å². The molecule has 63 heavy (non-hydrogen) atoms. The standard InChI is InChI=1S/C31H26N4O3.C17H18N4O.C2H6O/c36-29-11-5-2-8-23(29)18-32-20-28(33-19-24-9-3-6-12-30(24)37)31(38)34-25-15-13-21(14-16-25)27-17-22-7-1-4-10-26(22)35-27;18-10-14(19)17(22)20-13-7-5-11(6-8-13)16-9-12-3-1-2-4-15(12)21-16;1-2-3/h1-16,18-19,28,36-37H,17,20H2,(H,34,38);1-8,14H,9-10,18-19H2,(H,20,22);3H,2H2,1H3. The summed E-state index contributed by atoms with van der Waals surface area (Å²) < 4.78 is 0. The predicted octanol–water partition coefficient (Wildman–Crippen LogP) is 6.91. The Morgan fingerprint density at radius 3 is 1.54 bits per heavy atom. The van der Waals surface area contributed by atoms with Gasteiger partial charge in [0, 0.05) is 60.9 Å². The summed E-state index contributed by atoms with van der Waals surface area (Å²) >= 11 is 0. The van der Waals surface area contributed by atoms with Crippen LogP contribution >= 0.6 is 0 Å². The first-order chi connectivity index (χ1) is 30.6. The van der Waals surface area contributed by atoms with Gasteiger partial charge >= 0.3 is 0 Å². The number of phenolic OH excluding ortho intramolecular Hbond substituents is 2. The number of rotatable bonds is 12. The highest BCUT2D eigenvalue weighted by Gasteiger charge is 2.19. The molecule has 13 nitrogen and oxygen atoms in total. The Bertz CT molecular complexity index is 2620. The molecule has 0 fully saturated rings. The fourth-order valence-electron chi connectivity index (χ4n) is 6.47. The van der Waals surface area contributed by atoms with E-state index in [0.717, 1.165) is 46.8 Å². The molecule has 0 saturated carbocycles. The second kappa shape index (κ2) is 22.3. The molecule has 6 aromatic carbocycles. The van der Waals surface area contributed by atoms with Crippen LogP contribution in [0.25, 0.3) is 0 Å². The van der Waals surface area contributed by atoms with Crippen molar-refractivity contribution in [1.82, 2.24) is 0 Å². The van der Waals surface area contributed by atoms with Crippen molar-refractivity contribution in [2.75, 3.05) is 30.3 Å². The molecule has 6 aromatic rings. The Morgan fingerprint density at radius 2 is 1.08 bits per heavy atom. The first kappa shape index (κ1) is 45.0. The highest BCUT2D eigenvalue weighted by molar-refractivity contribution is 6.08. The number of aliphatic imine (C=N–C) groups is 4. The van der Waals surface area contributed by atoms with E-state index in [9.17, 15) is 19.8 Å². The highest BCUT2D eigenvalue weighted by atomic mass is 16.3. The zero-order valence-corrected chi connectivity index (χ0v) is 34.8. The predicted molar refractivity (Wildman–Crippen MR) is 253 cm³/mol. The lowest BCUT2D eigenvalue weighted by atomic mass is 10.0. The van der Waals surface area contributed by atoms with Crippen molar-refractivity contribution in [1.29, 1.82) is 0 Å². The summed E-state index contributed by atoms with van der Waals surface area (Å²) in [7, 11) is 0. The molecule has 9 N–H and O–H groups in total. The summed E-state index contributed by atoms with van der Waals surface area (Å²) in [5.74, 6) is -0.448. The molecule has 13 heteroatoms. The van der Waals surface area contributed by atoms with Gasteiger partial charge in [-0.05, 0) is 89.8 Å². The lowest BCUT2D eigenvalue weighted by molar-refractivity contribution is -0.117. The van der Waals surface area contributed by atoms with E-state index in [4.69, 9.17) is 21.6 Å². The molecule has 2 aliphatic rings. The monoisotopic (exact) mass is 842 g/mol. The number of hydrogen-bond donors (Lipinski definition) is 7. The lowest BCUT2D eigenvalue weighted by Crippen LogP contribution is -2.41. The Morgan fingerprint density at radius 1 is 0.651 bits per heavy atom. The topological polar surface area (TPSA) is 220 Å². The summed E-state index contributed by atoms with van der Waals surface area (Å²) in [6.07, 6.45) is 4.59. The number of phenols is 2. The number of nitrogens with zero attached hydrogens (tertiary/aromatic N) is 4. The molecule has 0 aliphatic carbocycles. The first-order valence-electron chi connectivity index (χ1n) is 20.4. The fourth-order valence-corrected chi connectivity index (χ4v) is 6.47. The first-order valence-corrected chi connectivity index (χ1v) is 20.4. The molecular formula is C50H50N8O5. The minimum absolute atomic E-state index is 0.0530. The molecule has 2 unspecified atom stereocenters. The Balaban J connectivity index is 0.000000223. The number of carbonyl (C=O) groups excluding carboxylic acids is 2. The molecule has 320 valence electrons. The maximum atomic E-state index is 13.2. The number of benzene rings is 6. The van der Waals surface area contributed by atoms with Crippen LogP contribution in [0.5, 0.6) is 11.5 Å². The molecule has 2 heterocycles. The van der Waals surface area contributed by atoms with Gasteiger partial charge in [-0.3, -0.25) is 29.6 Å².